The number of thioether (sulfide) groups is 1. The maximum Gasteiger partial charge on any atom is 0.338 e. The molecule has 1 saturated heterocycles. The topological polar surface area (TPSA) is 76.8 Å². The first kappa shape index (κ1) is 20.7. The molecule has 0 bridgehead atoms. The quantitative estimate of drug-likeness (QED) is 0.534. The molecule has 2 aliphatic rings. The second kappa shape index (κ2) is 8.40. The number of rotatable bonds is 4. The Balaban J connectivity index is 1.75. The molecule has 1 amide bonds. The number of nitrogens with zero attached hydrogens (tertiary/aromatic N) is 4. The zero-order valence-corrected chi connectivity index (χ0v) is 19.2. The molecule has 1 atom stereocenters. The van der Waals surface area contributed by atoms with E-state index < -0.39 is 12.0 Å². The molecular weight excluding hydrogens is 444 g/mol. The first-order valence-corrected chi connectivity index (χ1v) is 12.0. The Hall–Kier alpha value is -3.17. The number of amides is 1. The molecule has 32 heavy (non-hydrogen) atoms. The standard InChI is InChI=1S/C23H20N4O3S2/c1-14-19(22(29)30-2)21(27-18(28)10-12-32-23(27)24-14)16-13-26(15-7-4-3-5-8-15)25-20(16)17-9-6-11-31-17/h3-9,11,13,21H,10,12H2,1-2H3. The lowest BCUT2D eigenvalue weighted by Gasteiger charge is -2.38. The van der Waals surface area contributed by atoms with E-state index in [1.54, 1.807) is 27.8 Å². The van der Waals surface area contributed by atoms with E-state index in [0.29, 0.717) is 28.6 Å². The molecule has 4 heterocycles. The number of methoxy groups -OCH3 is 1. The normalized spacial score (nSPS) is 18.4. The summed E-state index contributed by atoms with van der Waals surface area (Å²) in [7, 11) is 1.35. The van der Waals surface area contributed by atoms with E-state index in [1.807, 2.05) is 54.0 Å². The Kier molecular flexibility index (Phi) is 5.44. The van der Waals surface area contributed by atoms with Gasteiger partial charge in [0.05, 0.1) is 28.9 Å². The molecule has 0 N–H and O–H groups in total. The minimum absolute atomic E-state index is 0.0639. The summed E-state index contributed by atoms with van der Waals surface area (Å²) in [5, 5.41) is 7.47. The van der Waals surface area contributed by atoms with E-state index in [4.69, 9.17) is 9.84 Å². The number of aliphatic imine (C=N–C) groups is 1. The van der Waals surface area contributed by atoms with E-state index in [1.165, 1.54) is 18.9 Å². The van der Waals surface area contributed by atoms with Crippen molar-refractivity contribution in [2.24, 2.45) is 4.99 Å². The number of esters is 1. The lowest BCUT2D eigenvalue weighted by molar-refractivity contribution is -0.137. The third kappa shape index (κ3) is 3.47. The zero-order chi connectivity index (χ0) is 22.2. The minimum Gasteiger partial charge on any atom is -0.466 e. The first-order valence-electron chi connectivity index (χ1n) is 10.1. The molecule has 162 valence electrons. The summed E-state index contributed by atoms with van der Waals surface area (Å²) in [4.78, 5) is 33.1. The van der Waals surface area contributed by atoms with Crippen molar-refractivity contribution in [3.63, 3.8) is 0 Å². The van der Waals surface area contributed by atoms with Crippen molar-refractivity contribution in [2.45, 2.75) is 19.4 Å². The fourth-order valence-electron chi connectivity index (χ4n) is 3.97. The van der Waals surface area contributed by atoms with Crippen LogP contribution in [-0.2, 0) is 14.3 Å². The van der Waals surface area contributed by atoms with Crippen molar-refractivity contribution in [1.82, 2.24) is 14.7 Å². The number of aromatic nitrogens is 2. The number of carbonyl (C=O) groups excluding carboxylic acids is 2. The molecule has 1 unspecified atom stereocenters. The molecular formula is C23H20N4O3S2. The van der Waals surface area contributed by atoms with Gasteiger partial charge in [0.25, 0.3) is 0 Å². The molecule has 5 rings (SSSR count). The molecule has 7 nitrogen and oxygen atoms in total. The maximum atomic E-state index is 13.1. The van der Waals surface area contributed by atoms with Gasteiger partial charge in [-0.3, -0.25) is 9.69 Å². The van der Waals surface area contributed by atoms with Gasteiger partial charge in [0, 0.05) is 23.9 Å². The molecule has 1 fully saturated rings. The van der Waals surface area contributed by atoms with Crippen LogP contribution in [0.4, 0.5) is 0 Å². The van der Waals surface area contributed by atoms with E-state index in [0.717, 1.165) is 21.8 Å². The fourth-order valence-corrected chi connectivity index (χ4v) is 5.70. The van der Waals surface area contributed by atoms with Gasteiger partial charge in [-0.2, -0.15) is 5.10 Å². The SMILES string of the molecule is COC(=O)C1=C(C)N=C2SCCC(=O)N2C1c1cn(-c2ccccc2)nc1-c1cccs1. The third-order valence-electron chi connectivity index (χ3n) is 5.42. The molecule has 2 aliphatic heterocycles. The summed E-state index contributed by atoms with van der Waals surface area (Å²) in [5.74, 6) is 0.109. The lowest BCUT2D eigenvalue weighted by atomic mass is 9.94. The highest BCUT2D eigenvalue weighted by Gasteiger charge is 2.43. The monoisotopic (exact) mass is 464 g/mol. The largest absolute Gasteiger partial charge is 0.466 e. The van der Waals surface area contributed by atoms with Gasteiger partial charge in [0.1, 0.15) is 11.7 Å². The number of para-hydroxylation sites is 1. The van der Waals surface area contributed by atoms with Gasteiger partial charge < -0.3 is 4.74 Å². The van der Waals surface area contributed by atoms with Crippen molar-refractivity contribution in [3.8, 4) is 16.3 Å². The molecule has 0 saturated carbocycles. The molecule has 0 spiro atoms. The Morgan fingerprint density at radius 1 is 1.19 bits per heavy atom. The van der Waals surface area contributed by atoms with Crippen LogP contribution in [0.2, 0.25) is 0 Å². The van der Waals surface area contributed by atoms with Crippen molar-refractivity contribution in [3.05, 3.63) is 70.9 Å². The zero-order valence-electron chi connectivity index (χ0n) is 17.5. The van der Waals surface area contributed by atoms with Crippen LogP contribution in [-0.4, -0.2) is 44.6 Å². The summed E-state index contributed by atoms with van der Waals surface area (Å²) in [6.07, 6.45) is 2.29. The Morgan fingerprint density at radius 3 is 2.72 bits per heavy atom. The number of hydrogen-bond donors (Lipinski definition) is 0. The summed E-state index contributed by atoms with van der Waals surface area (Å²) in [6.45, 7) is 1.79. The van der Waals surface area contributed by atoms with Gasteiger partial charge in [0.2, 0.25) is 5.91 Å². The first-order chi connectivity index (χ1) is 15.6. The number of allylic oxidation sites excluding steroid dienone is 1. The average Bonchev–Trinajstić information content (AvgIpc) is 3.48. The second-order valence-corrected chi connectivity index (χ2v) is 9.35. The van der Waals surface area contributed by atoms with Crippen LogP contribution in [0.5, 0.6) is 0 Å². The molecule has 1 aromatic carbocycles. The number of carbonyl (C=O) groups is 2. The van der Waals surface area contributed by atoms with Crippen LogP contribution in [0.25, 0.3) is 16.3 Å². The van der Waals surface area contributed by atoms with Crippen LogP contribution in [0.3, 0.4) is 0 Å². The van der Waals surface area contributed by atoms with Gasteiger partial charge in [-0.05, 0) is 30.5 Å². The summed E-state index contributed by atoms with van der Waals surface area (Å²) in [6, 6.07) is 13.1. The van der Waals surface area contributed by atoms with E-state index in [-0.39, 0.29) is 5.91 Å². The number of fused-ring (bicyclic) bond motifs is 1. The Labute approximate surface area is 193 Å². The van der Waals surface area contributed by atoms with Gasteiger partial charge in [0.15, 0.2) is 5.17 Å². The molecule has 0 aliphatic carbocycles. The predicted molar refractivity (Wildman–Crippen MR) is 126 cm³/mol. The summed E-state index contributed by atoms with van der Waals surface area (Å²) < 4.78 is 6.91. The van der Waals surface area contributed by atoms with Gasteiger partial charge in [-0.1, -0.05) is 36.0 Å². The minimum atomic E-state index is -0.662. The van der Waals surface area contributed by atoms with E-state index in [9.17, 15) is 9.59 Å². The van der Waals surface area contributed by atoms with Crippen molar-refractivity contribution < 1.29 is 14.3 Å². The Morgan fingerprint density at radius 2 is 2.00 bits per heavy atom. The van der Waals surface area contributed by atoms with Crippen LogP contribution in [0.1, 0.15) is 24.9 Å². The molecule has 2 aromatic heterocycles. The number of hydrogen-bond acceptors (Lipinski definition) is 7. The van der Waals surface area contributed by atoms with Crippen molar-refractivity contribution in [1.29, 1.82) is 0 Å². The van der Waals surface area contributed by atoms with Crippen molar-refractivity contribution >= 4 is 40.1 Å². The highest BCUT2D eigenvalue weighted by atomic mass is 32.2. The third-order valence-corrected chi connectivity index (χ3v) is 7.26. The number of amidine groups is 1. The fraction of sp³-hybridized carbons (Fsp3) is 0.217. The van der Waals surface area contributed by atoms with Crippen LogP contribution in [0, 0.1) is 0 Å². The predicted octanol–water partition coefficient (Wildman–Crippen LogP) is 4.42. The van der Waals surface area contributed by atoms with Gasteiger partial charge in [-0.15, -0.1) is 11.3 Å². The Bertz CT molecular complexity index is 1250. The number of benzene rings is 1. The lowest BCUT2D eigenvalue weighted by Crippen LogP contribution is -2.45. The smallest absolute Gasteiger partial charge is 0.338 e. The van der Waals surface area contributed by atoms with Crippen LogP contribution in [0.15, 0.2) is 70.3 Å². The van der Waals surface area contributed by atoms with Gasteiger partial charge >= 0.3 is 5.97 Å². The van der Waals surface area contributed by atoms with Gasteiger partial charge in [-0.25, -0.2) is 14.5 Å². The maximum absolute atomic E-state index is 13.1. The summed E-state index contributed by atoms with van der Waals surface area (Å²) >= 11 is 3.09. The van der Waals surface area contributed by atoms with E-state index in [2.05, 4.69) is 4.99 Å². The number of ether oxygens (including phenoxy) is 1. The summed E-state index contributed by atoms with van der Waals surface area (Å²) in [5.41, 5.74) is 3.30. The van der Waals surface area contributed by atoms with Crippen LogP contribution < -0.4 is 0 Å². The highest BCUT2D eigenvalue weighted by molar-refractivity contribution is 8.14. The van der Waals surface area contributed by atoms with E-state index >= 15 is 0 Å². The second-order valence-electron chi connectivity index (χ2n) is 7.34. The highest BCUT2D eigenvalue weighted by Crippen LogP contribution is 2.44. The molecule has 9 heteroatoms. The van der Waals surface area contributed by atoms with Crippen molar-refractivity contribution in [2.75, 3.05) is 12.9 Å². The van der Waals surface area contributed by atoms with Crippen LogP contribution >= 0.6 is 23.1 Å². The average molecular weight is 465 g/mol. The molecule has 0 radical (unpaired) electrons. The molecule has 3 aromatic rings. The number of thiophene rings is 1.